The van der Waals surface area contributed by atoms with Crippen molar-refractivity contribution in [3.63, 3.8) is 0 Å². The summed E-state index contributed by atoms with van der Waals surface area (Å²) in [5.41, 5.74) is 1.50. The fourth-order valence-corrected chi connectivity index (χ4v) is 2.00. The Bertz CT molecular complexity index is 243. The predicted octanol–water partition coefficient (Wildman–Crippen LogP) is 8.11. The molecule has 1 atom stereocenters. The molecule has 0 aromatic rings. The van der Waals surface area contributed by atoms with Crippen LogP contribution in [0.1, 0.15) is 93.9 Å². The summed E-state index contributed by atoms with van der Waals surface area (Å²) in [6.45, 7) is 17.0. The number of allylic oxidation sites excluding steroid dienone is 6. The monoisotopic (exact) mass is 294 g/mol. The van der Waals surface area contributed by atoms with Crippen LogP contribution in [0.5, 0.6) is 0 Å². The third kappa shape index (κ3) is 19.2. The molecule has 0 rings (SSSR count). The molecule has 0 aliphatic rings. The predicted molar refractivity (Wildman–Crippen MR) is 103 cm³/mol. The molecule has 21 heavy (non-hydrogen) atoms. The molecule has 0 aromatic carbocycles. The number of unbranched alkanes of at least 4 members (excludes halogenated alkanes) is 1. The minimum atomic E-state index is 0.748. The maximum absolute atomic E-state index is 2.28. The maximum Gasteiger partial charge on any atom is -0.0162 e. The Labute approximate surface area is 136 Å². The molecule has 0 spiro atoms. The third-order valence-corrected chi connectivity index (χ3v) is 2.85. The van der Waals surface area contributed by atoms with Gasteiger partial charge >= 0.3 is 0 Å². The van der Waals surface area contributed by atoms with Crippen molar-refractivity contribution in [3.05, 3.63) is 36.0 Å². The first kappa shape index (κ1) is 25.2. The molecule has 0 bridgehead atoms. The first-order valence-corrected chi connectivity index (χ1v) is 9.17. The largest absolute Gasteiger partial charge is 0.0877 e. The molecule has 0 amide bonds. The smallest absolute Gasteiger partial charge is 0.0162 e. The van der Waals surface area contributed by atoms with Gasteiger partial charge < -0.3 is 0 Å². The first-order valence-electron chi connectivity index (χ1n) is 9.17. The topological polar surface area (TPSA) is 0 Å². The molecular weight excluding hydrogens is 252 g/mol. The van der Waals surface area contributed by atoms with Gasteiger partial charge in [-0.05, 0) is 38.2 Å². The van der Waals surface area contributed by atoms with Gasteiger partial charge in [0.15, 0.2) is 0 Å². The Morgan fingerprint density at radius 2 is 1.43 bits per heavy atom. The SMILES string of the molecule is CC.CCC.C\C=C/C(=C\C=C\C)C(CCC)CCCC. The van der Waals surface area contributed by atoms with Gasteiger partial charge in [-0.2, -0.15) is 0 Å². The molecule has 126 valence electrons. The third-order valence-electron chi connectivity index (χ3n) is 2.85. The van der Waals surface area contributed by atoms with Gasteiger partial charge in [-0.3, -0.25) is 0 Å². The Morgan fingerprint density at radius 1 is 0.857 bits per heavy atom. The molecule has 0 saturated heterocycles. The van der Waals surface area contributed by atoms with E-state index in [-0.39, 0.29) is 0 Å². The molecule has 0 fully saturated rings. The molecule has 0 N–H and O–H groups in total. The van der Waals surface area contributed by atoms with Crippen molar-refractivity contribution in [1.29, 1.82) is 0 Å². The van der Waals surface area contributed by atoms with Crippen LogP contribution in [0.15, 0.2) is 36.0 Å². The average Bonchev–Trinajstić information content (AvgIpc) is 2.51. The van der Waals surface area contributed by atoms with E-state index < -0.39 is 0 Å². The Kier molecular flexibility index (Phi) is 29.1. The van der Waals surface area contributed by atoms with Crippen LogP contribution in [-0.4, -0.2) is 0 Å². The van der Waals surface area contributed by atoms with E-state index in [1.54, 1.807) is 0 Å². The van der Waals surface area contributed by atoms with Crippen LogP contribution in [0.2, 0.25) is 0 Å². The van der Waals surface area contributed by atoms with Crippen LogP contribution < -0.4 is 0 Å². The molecule has 1 unspecified atom stereocenters. The normalized spacial score (nSPS) is 12.7. The highest BCUT2D eigenvalue weighted by atomic mass is 14.1. The summed E-state index contributed by atoms with van der Waals surface area (Å²) in [7, 11) is 0. The highest BCUT2D eigenvalue weighted by Crippen LogP contribution is 2.24. The fourth-order valence-electron chi connectivity index (χ4n) is 2.00. The number of hydrogen-bond donors (Lipinski definition) is 0. The fraction of sp³-hybridized carbons (Fsp3) is 0.714. The van der Waals surface area contributed by atoms with E-state index in [1.807, 2.05) is 13.8 Å². The highest BCUT2D eigenvalue weighted by molar-refractivity contribution is 5.26. The number of hydrogen-bond acceptors (Lipinski definition) is 0. The second kappa shape index (κ2) is 24.3. The summed E-state index contributed by atoms with van der Waals surface area (Å²) < 4.78 is 0. The Balaban J connectivity index is -0.000000569. The van der Waals surface area contributed by atoms with E-state index in [0.717, 1.165) is 5.92 Å². The molecule has 0 heterocycles. The molecular formula is C21H42. The second-order valence-electron chi connectivity index (χ2n) is 5.03. The van der Waals surface area contributed by atoms with Gasteiger partial charge in [0, 0.05) is 0 Å². The van der Waals surface area contributed by atoms with Crippen molar-refractivity contribution in [2.75, 3.05) is 0 Å². The van der Waals surface area contributed by atoms with E-state index in [2.05, 4.69) is 71.9 Å². The van der Waals surface area contributed by atoms with Gasteiger partial charge in [0.05, 0.1) is 0 Å². The van der Waals surface area contributed by atoms with Gasteiger partial charge in [-0.15, -0.1) is 0 Å². The van der Waals surface area contributed by atoms with Gasteiger partial charge in [0.25, 0.3) is 0 Å². The summed E-state index contributed by atoms with van der Waals surface area (Å²) in [6, 6.07) is 0. The quantitative estimate of drug-likeness (QED) is 0.396. The van der Waals surface area contributed by atoms with Crippen molar-refractivity contribution in [2.45, 2.75) is 93.9 Å². The lowest BCUT2D eigenvalue weighted by atomic mass is 9.88. The lowest BCUT2D eigenvalue weighted by Gasteiger charge is -2.17. The van der Waals surface area contributed by atoms with Crippen LogP contribution in [0.25, 0.3) is 0 Å². The average molecular weight is 295 g/mol. The zero-order valence-corrected chi connectivity index (χ0v) is 16.2. The lowest BCUT2D eigenvalue weighted by molar-refractivity contribution is 0.496. The maximum atomic E-state index is 2.28. The van der Waals surface area contributed by atoms with Gasteiger partial charge in [0.1, 0.15) is 0 Å². The molecule has 0 aliphatic carbocycles. The molecule has 0 aliphatic heterocycles. The molecule has 0 radical (unpaired) electrons. The van der Waals surface area contributed by atoms with E-state index in [9.17, 15) is 0 Å². The van der Waals surface area contributed by atoms with E-state index in [0.29, 0.717) is 0 Å². The Morgan fingerprint density at radius 3 is 1.81 bits per heavy atom. The molecule has 0 aromatic heterocycles. The summed E-state index contributed by atoms with van der Waals surface area (Å²) in [6.07, 6.45) is 18.8. The number of rotatable bonds is 8. The van der Waals surface area contributed by atoms with E-state index in [1.165, 1.54) is 44.1 Å². The molecule has 0 nitrogen and oxygen atoms in total. The summed E-state index contributed by atoms with van der Waals surface area (Å²) in [5.74, 6) is 0.748. The first-order chi connectivity index (χ1) is 10.2. The van der Waals surface area contributed by atoms with Crippen molar-refractivity contribution >= 4 is 0 Å². The minimum Gasteiger partial charge on any atom is -0.0877 e. The van der Waals surface area contributed by atoms with Crippen molar-refractivity contribution in [1.82, 2.24) is 0 Å². The van der Waals surface area contributed by atoms with Gasteiger partial charge in [-0.25, -0.2) is 0 Å². The van der Waals surface area contributed by atoms with Crippen LogP contribution >= 0.6 is 0 Å². The highest BCUT2D eigenvalue weighted by Gasteiger charge is 2.09. The zero-order chi connectivity index (χ0) is 16.9. The van der Waals surface area contributed by atoms with E-state index >= 15 is 0 Å². The zero-order valence-electron chi connectivity index (χ0n) is 16.2. The van der Waals surface area contributed by atoms with Crippen LogP contribution in [0, 0.1) is 5.92 Å². The second-order valence-corrected chi connectivity index (χ2v) is 5.03. The molecule has 0 heteroatoms. The minimum absolute atomic E-state index is 0.748. The van der Waals surface area contributed by atoms with Crippen molar-refractivity contribution in [2.24, 2.45) is 5.92 Å². The summed E-state index contributed by atoms with van der Waals surface area (Å²) in [5, 5.41) is 0. The van der Waals surface area contributed by atoms with Crippen LogP contribution in [-0.2, 0) is 0 Å². The van der Waals surface area contributed by atoms with Crippen molar-refractivity contribution < 1.29 is 0 Å². The van der Waals surface area contributed by atoms with Crippen molar-refractivity contribution in [3.8, 4) is 0 Å². The summed E-state index contributed by atoms with van der Waals surface area (Å²) in [4.78, 5) is 0. The molecule has 0 saturated carbocycles. The van der Waals surface area contributed by atoms with Gasteiger partial charge in [0.2, 0.25) is 0 Å². The van der Waals surface area contributed by atoms with Crippen LogP contribution in [0.3, 0.4) is 0 Å². The van der Waals surface area contributed by atoms with Crippen LogP contribution in [0.4, 0.5) is 0 Å². The standard InChI is InChI=1S/C16H28.C3H8.C2H6/c1-5-9-13-15(11-7-3)16(12-8-4)14-10-6-2;1-3-2;1-2/h5,7,9,11,13,16H,6,8,10,12,14H2,1-4H3;3H2,1-2H3;1-2H3/b9-5+,11-7-,15-13+;;. The Hall–Kier alpha value is -0.780. The lowest BCUT2D eigenvalue weighted by Crippen LogP contribution is -2.02. The summed E-state index contributed by atoms with van der Waals surface area (Å²) >= 11 is 0. The van der Waals surface area contributed by atoms with E-state index in [4.69, 9.17) is 0 Å². The van der Waals surface area contributed by atoms with Gasteiger partial charge in [-0.1, -0.05) is 97.6 Å².